The maximum absolute atomic E-state index is 12.9. The average Bonchev–Trinajstić information content (AvgIpc) is 3.25. The van der Waals surface area contributed by atoms with Gasteiger partial charge in [-0.2, -0.15) is 13.9 Å². The second-order valence-electron chi connectivity index (χ2n) is 7.13. The zero-order valence-electron chi connectivity index (χ0n) is 18.0. The van der Waals surface area contributed by atoms with Crippen molar-refractivity contribution in [3.8, 4) is 0 Å². The Morgan fingerprint density at radius 3 is 2.91 bits per heavy atom. The third-order valence-corrected chi connectivity index (χ3v) is 8.12. The van der Waals surface area contributed by atoms with Gasteiger partial charge in [-0.1, -0.05) is 16.9 Å². The highest BCUT2D eigenvalue weighted by Crippen LogP contribution is 2.40. The SMILES string of the molecule is CON=C(C(=O)NC1C(=O)N2C(C(=O)O)=C(CSc3cccc[n+]3C)SCC12)c1nsc(N)n1. The number of nitrogens with two attached hydrogens (primary N) is 1. The molecular formula is C19H20N7O5S3+. The number of nitrogens with one attached hydrogen (secondary N) is 1. The van der Waals surface area contributed by atoms with Gasteiger partial charge in [-0.3, -0.25) is 14.5 Å². The van der Waals surface area contributed by atoms with Crippen LogP contribution in [0.4, 0.5) is 5.13 Å². The number of anilines is 1. The van der Waals surface area contributed by atoms with Crippen LogP contribution in [-0.4, -0.2) is 73.6 Å². The van der Waals surface area contributed by atoms with Crippen LogP contribution < -0.4 is 15.6 Å². The summed E-state index contributed by atoms with van der Waals surface area (Å²) in [4.78, 5) is 48.2. The van der Waals surface area contributed by atoms with E-state index in [-0.39, 0.29) is 22.4 Å². The Bertz CT molecular complexity index is 1210. The number of carbonyl (C=O) groups excluding carboxylic acids is 2. The van der Waals surface area contributed by atoms with Crippen LogP contribution in [0.3, 0.4) is 0 Å². The standard InChI is InChI=1S/C19H19N7O5S3/c1-25-6-4-3-5-11(25)33-8-10-14(18(29)30)26-9(7-32-10)12(17(26)28)21-16(27)13(23-31-2)15-22-19(20)34-24-15/h3-6,9,12H,7-8H2,1-2H3,(H3-,20,21,22,24,27,29,30)/p+1. The molecule has 0 saturated carbocycles. The minimum absolute atomic E-state index is 0.0250. The number of rotatable bonds is 8. The van der Waals surface area contributed by atoms with E-state index in [9.17, 15) is 19.5 Å². The minimum Gasteiger partial charge on any atom is -0.477 e. The largest absolute Gasteiger partial charge is 0.477 e. The highest BCUT2D eigenvalue weighted by molar-refractivity contribution is 8.06. The summed E-state index contributed by atoms with van der Waals surface area (Å²) in [6.07, 6.45) is 1.90. The minimum atomic E-state index is -1.19. The van der Waals surface area contributed by atoms with Gasteiger partial charge in [0.1, 0.15) is 25.9 Å². The van der Waals surface area contributed by atoms with Crippen LogP contribution in [0, 0.1) is 0 Å². The van der Waals surface area contributed by atoms with Gasteiger partial charge in [0.15, 0.2) is 11.3 Å². The van der Waals surface area contributed by atoms with Crippen molar-refractivity contribution in [2.45, 2.75) is 17.1 Å². The average molecular weight is 523 g/mol. The number of carboxylic acid groups (broad SMARTS) is 1. The Kier molecular flexibility index (Phi) is 7.04. The van der Waals surface area contributed by atoms with Crippen molar-refractivity contribution in [1.29, 1.82) is 0 Å². The first kappa shape index (κ1) is 24.0. The summed E-state index contributed by atoms with van der Waals surface area (Å²) in [6.45, 7) is 0. The third kappa shape index (κ3) is 4.58. The lowest BCUT2D eigenvalue weighted by molar-refractivity contribution is -0.708. The second-order valence-corrected chi connectivity index (χ2v) is 10.0. The molecule has 34 heavy (non-hydrogen) atoms. The van der Waals surface area contributed by atoms with E-state index in [0.717, 1.165) is 16.6 Å². The molecule has 4 N–H and O–H groups in total. The molecule has 15 heteroatoms. The number of aliphatic carboxylic acids is 1. The number of pyridine rings is 1. The Morgan fingerprint density at radius 1 is 1.47 bits per heavy atom. The Morgan fingerprint density at radius 2 is 2.26 bits per heavy atom. The number of aromatic nitrogens is 3. The summed E-state index contributed by atoms with van der Waals surface area (Å²) in [6, 6.07) is 4.33. The van der Waals surface area contributed by atoms with Crippen molar-refractivity contribution in [1.82, 2.24) is 19.6 Å². The molecular weight excluding hydrogens is 502 g/mol. The molecule has 0 radical (unpaired) electrons. The Hall–Kier alpha value is -3.17. The van der Waals surface area contributed by atoms with E-state index in [2.05, 4.69) is 19.8 Å². The first-order valence-corrected chi connectivity index (χ1v) is 12.6. The molecule has 178 valence electrons. The molecule has 2 unspecified atom stereocenters. The number of fused-ring (bicyclic) bond motifs is 1. The predicted molar refractivity (Wildman–Crippen MR) is 126 cm³/mol. The third-order valence-electron chi connectivity index (χ3n) is 5.05. The summed E-state index contributed by atoms with van der Waals surface area (Å²) < 4.78 is 5.89. The molecule has 4 heterocycles. The molecule has 2 aliphatic heterocycles. The van der Waals surface area contributed by atoms with E-state index < -0.39 is 29.9 Å². The quantitative estimate of drug-likeness (QED) is 0.139. The summed E-state index contributed by atoms with van der Waals surface area (Å²) in [5, 5.41) is 17.2. The fourth-order valence-electron chi connectivity index (χ4n) is 3.48. The van der Waals surface area contributed by atoms with Crippen molar-refractivity contribution in [2.24, 2.45) is 12.2 Å². The number of thioether (sulfide) groups is 2. The van der Waals surface area contributed by atoms with Gasteiger partial charge in [-0.25, -0.2) is 4.79 Å². The van der Waals surface area contributed by atoms with Crippen LogP contribution in [-0.2, 0) is 26.3 Å². The summed E-state index contributed by atoms with van der Waals surface area (Å²) in [7, 11) is 3.16. The summed E-state index contributed by atoms with van der Waals surface area (Å²) >= 11 is 3.74. The number of carboxylic acids is 1. The van der Waals surface area contributed by atoms with Gasteiger partial charge >= 0.3 is 5.97 Å². The fourth-order valence-corrected chi connectivity index (χ4v) is 6.32. The number of aryl methyl sites for hydroxylation is 1. The number of nitrogens with zero attached hydrogens (tertiary/aromatic N) is 5. The van der Waals surface area contributed by atoms with Gasteiger partial charge in [0.2, 0.25) is 16.6 Å². The number of β-lactam (4-membered cyclic amide) rings is 1. The Balaban J connectivity index is 1.50. The van der Waals surface area contributed by atoms with Gasteiger partial charge < -0.3 is 21.0 Å². The number of hydrogen-bond donors (Lipinski definition) is 3. The highest BCUT2D eigenvalue weighted by atomic mass is 32.2. The zero-order valence-corrected chi connectivity index (χ0v) is 20.4. The van der Waals surface area contributed by atoms with Crippen molar-refractivity contribution < 1.29 is 28.9 Å². The van der Waals surface area contributed by atoms with E-state index >= 15 is 0 Å². The van der Waals surface area contributed by atoms with Crippen molar-refractivity contribution in [3.63, 3.8) is 0 Å². The first-order chi connectivity index (χ1) is 16.3. The summed E-state index contributed by atoms with van der Waals surface area (Å²) in [5.74, 6) is -1.61. The van der Waals surface area contributed by atoms with E-state index in [1.54, 1.807) is 0 Å². The van der Waals surface area contributed by atoms with Crippen LogP contribution in [0.5, 0.6) is 0 Å². The van der Waals surface area contributed by atoms with Crippen LogP contribution in [0.1, 0.15) is 5.82 Å². The van der Waals surface area contributed by atoms with E-state index in [1.807, 2.05) is 36.0 Å². The van der Waals surface area contributed by atoms with Gasteiger partial charge in [0.05, 0.1) is 6.04 Å². The van der Waals surface area contributed by atoms with Crippen LogP contribution in [0.15, 0.2) is 45.2 Å². The lowest BCUT2D eigenvalue weighted by atomic mass is 9.94. The molecule has 0 aromatic carbocycles. The van der Waals surface area contributed by atoms with Gasteiger partial charge in [0, 0.05) is 40.1 Å². The summed E-state index contributed by atoms with van der Waals surface area (Å²) in [5.41, 5.74) is 5.29. The van der Waals surface area contributed by atoms with E-state index in [4.69, 9.17) is 10.6 Å². The molecule has 2 amide bonds. The number of amides is 2. The van der Waals surface area contributed by atoms with Gasteiger partial charge in [0.25, 0.3) is 11.8 Å². The maximum atomic E-state index is 12.9. The van der Waals surface area contributed by atoms with Crippen molar-refractivity contribution >= 4 is 63.7 Å². The molecule has 4 rings (SSSR count). The molecule has 2 aromatic rings. The lowest BCUT2D eigenvalue weighted by Gasteiger charge is -2.49. The molecule has 1 saturated heterocycles. The van der Waals surface area contributed by atoms with E-state index in [0.29, 0.717) is 16.4 Å². The van der Waals surface area contributed by atoms with Gasteiger partial charge in [-0.15, -0.1) is 11.8 Å². The van der Waals surface area contributed by atoms with Crippen LogP contribution in [0.25, 0.3) is 0 Å². The molecule has 0 aliphatic carbocycles. The monoisotopic (exact) mass is 522 g/mol. The van der Waals surface area contributed by atoms with Crippen molar-refractivity contribution in [2.75, 3.05) is 24.3 Å². The van der Waals surface area contributed by atoms with Crippen molar-refractivity contribution in [3.05, 3.63) is 40.8 Å². The molecule has 0 spiro atoms. The number of hydrogen-bond acceptors (Lipinski definition) is 11. The van der Waals surface area contributed by atoms with Gasteiger partial charge in [-0.05, 0) is 6.07 Å². The molecule has 2 atom stereocenters. The van der Waals surface area contributed by atoms with Crippen LogP contribution in [0.2, 0.25) is 0 Å². The molecule has 0 bridgehead atoms. The van der Waals surface area contributed by atoms with E-state index in [1.165, 1.54) is 35.5 Å². The number of oxime groups is 1. The number of carbonyl (C=O) groups is 3. The normalized spacial score (nSPS) is 20.0. The lowest BCUT2D eigenvalue weighted by Crippen LogP contribution is -2.73. The molecule has 2 aromatic heterocycles. The zero-order chi connectivity index (χ0) is 24.4. The molecule has 12 nitrogen and oxygen atoms in total. The fraction of sp³-hybridized carbons (Fsp3) is 0.316. The molecule has 2 aliphatic rings. The topological polar surface area (TPSA) is 164 Å². The smallest absolute Gasteiger partial charge is 0.353 e. The first-order valence-electron chi connectivity index (χ1n) is 9.83. The second kappa shape index (κ2) is 9.99. The van der Waals surface area contributed by atoms with Crippen LogP contribution >= 0.6 is 35.1 Å². The predicted octanol–water partition coefficient (Wildman–Crippen LogP) is -0.174. The molecule has 1 fully saturated rings. The Labute approximate surface area is 206 Å². The maximum Gasteiger partial charge on any atom is 0.353 e. The number of nitrogen functional groups attached to an aromatic ring is 1. The highest BCUT2D eigenvalue weighted by Gasteiger charge is 2.54.